The molecule has 29 heavy (non-hydrogen) atoms. The van der Waals surface area contributed by atoms with Gasteiger partial charge in [-0.2, -0.15) is 4.31 Å². The second-order valence-corrected chi connectivity index (χ2v) is 10.3. The zero-order chi connectivity index (χ0) is 21.2. The Labute approximate surface area is 181 Å². The van der Waals surface area contributed by atoms with Crippen LogP contribution in [0.3, 0.4) is 0 Å². The van der Waals surface area contributed by atoms with Gasteiger partial charge in [0.25, 0.3) is 0 Å². The lowest BCUT2D eigenvalue weighted by atomic mass is 10.2. The van der Waals surface area contributed by atoms with Crippen LogP contribution in [-0.2, 0) is 14.8 Å². The number of nitrogens with one attached hydrogen (secondary N) is 1. The fraction of sp³-hybridized carbons (Fsp3) is 0.381. The average Bonchev–Trinajstić information content (AvgIpc) is 2.64. The van der Waals surface area contributed by atoms with Crippen molar-refractivity contribution in [3.8, 4) is 0 Å². The molecule has 2 aromatic rings. The molecule has 1 heterocycles. The first-order valence-electron chi connectivity index (χ1n) is 9.52. The van der Waals surface area contributed by atoms with Gasteiger partial charge in [-0.05, 0) is 56.2 Å². The fourth-order valence-corrected chi connectivity index (χ4v) is 5.62. The van der Waals surface area contributed by atoms with Crippen molar-refractivity contribution in [1.82, 2.24) is 9.21 Å². The van der Waals surface area contributed by atoms with Crippen LogP contribution in [0.4, 0.5) is 5.69 Å². The summed E-state index contributed by atoms with van der Waals surface area (Å²) >= 11 is 3.41. The zero-order valence-electron chi connectivity index (χ0n) is 16.9. The zero-order valence-corrected chi connectivity index (χ0v) is 19.3. The van der Waals surface area contributed by atoms with Crippen molar-refractivity contribution in [1.29, 1.82) is 0 Å². The number of rotatable bonds is 5. The van der Waals surface area contributed by atoms with E-state index in [1.165, 1.54) is 4.31 Å². The summed E-state index contributed by atoms with van der Waals surface area (Å²) in [4.78, 5) is 14.7. The third-order valence-electron chi connectivity index (χ3n) is 5.11. The van der Waals surface area contributed by atoms with Gasteiger partial charge >= 0.3 is 0 Å². The number of anilines is 1. The number of nitrogens with zero attached hydrogens (tertiary/aromatic N) is 2. The average molecular weight is 480 g/mol. The molecule has 0 unspecified atom stereocenters. The van der Waals surface area contributed by atoms with Crippen LogP contribution in [0.15, 0.2) is 45.8 Å². The molecule has 1 saturated heterocycles. The van der Waals surface area contributed by atoms with Crippen molar-refractivity contribution in [3.63, 3.8) is 0 Å². The molecule has 1 N–H and O–H groups in total. The molecule has 1 fully saturated rings. The Morgan fingerprint density at radius 1 is 1.00 bits per heavy atom. The highest BCUT2D eigenvalue weighted by molar-refractivity contribution is 9.10. The van der Waals surface area contributed by atoms with Crippen molar-refractivity contribution in [3.05, 3.63) is 57.6 Å². The first-order valence-corrected chi connectivity index (χ1v) is 11.8. The number of hydrogen-bond acceptors (Lipinski definition) is 4. The van der Waals surface area contributed by atoms with Gasteiger partial charge in [0, 0.05) is 36.3 Å². The normalized spacial score (nSPS) is 16.0. The SMILES string of the molecule is Cc1ccc(S(=O)(=O)N2CCN(CC(=O)Nc3ccc(Br)cc3C)CC2)c(C)c1. The Kier molecular flexibility index (Phi) is 6.78. The molecule has 0 atom stereocenters. The topological polar surface area (TPSA) is 69.7 Å². The van der Waals surface area contributed by atoms with Gasteiger partial charge in [0.2, 0.25) is 15.9 Å². The van der Waals surface area contributed by atoms with E-state index in [0.29, 0.717) is 31.1 Å². The largest absolute Gasteiger partial charge is 0.325 e. The summed E-state index contributed by atoms with van der Waals surface area (Å²) in [5.74, 6) is -0.0962. The number of carbonyl (C=O) groups excluding carboxylic acids is 1. The summed E-state index contributed by atoms with van der Waals surface area (Å²) in [6, 6.07) is 11.1. The van der Waals surface area contributed by atoms with Crippen molar-refractivity contribution >= 4 is 37.5 Å². The smallest absolute Gasteiger partial charge is 0.243 e. The van der Waals surface area contributed by atoms with E-state index in [2.05, 4.69) is 21.2 Å². The highest BCUT2D eigenvalue weighted by Crippen LogP contribution is 2.23. The van der Waals surface area contributed by atoms with E-state index in [1.807, 2.05) is 56.0 Å². The van der Waals surface area contributed by atoms with E-state index >= 15 is 0 Å². The Morgan fingerprint density at radius 3 is 2.31 bits per heavy atom. The number of benzene rings is 2. The van der Waals surface area contributed by atoms with E-state index in [1.54, 1.807) is 6.07 Å². The van der Waals surface area contributed by atoms with Crippen LogP contribution in [-0.4, -0.2) is 56.3 Å². The molecule has 0 aromatic heterocycles. The first-order chi connectivity index (χ1) is 13.7. The van der Waals surface area contributed by atoms with Crippen LogP contribution in [0.1, 0.15) is 16.7 Å². The van der Waals surface area contributed by atoms with E-state index in [0.717, 1.165) is 26.9 Å². The number of aryl methyl sites for hydroxylation is 3. The Hall–Kier alpha value is -1.74. The minimum atomic E-state index is -3.52. The number of hydrogen-bond donors (Lipinski definition) is 1. The summed E-state index contributed by atoms with van der Waals surface area (Å²) in [7, 11) is -3.52. The lowest BCUT2D eigenvalue weighted by Gasteiger charge is -2.33. The van der Waals surface area contributed by atoms with E-state index in [-0.39, 0.29) is 12.5 Å². The van der Waals surface area contributed by atoms with Gasteiger partial charge in [-0.3, -0.25) is 9.69 Å². The van der Waals surface area contributed by atoms with Gasteiger partial charge < -0.3 is 5.32 Å². The molecule has 3 rings (SSSR count). The van der Waals surface area contributed by atoms with Crippen LogP contribution in [0.25, 0.3) is 0 Å². The number of carbonyl (C=O) groups is 1. The molecule has 0 aliphatic carbocycles. The third-order valence-corrected chi connectivity index (χ3v) is 7.66. The van der Waals surface area contributed by atoms with Crippen LogP contribution in [0.2, 0.25) is 0 Å². The van der Waals surface area contributed by atoms with Gasteiger partial charge in [-0.25, -0.2) is 8.42 Å². The maximum Gasteiger partial charge on any atom is 0.243 e. The minimum absolute atomic E-state index is 0.0962. The summed E-state index contributed by atoms with van der Waals surface area (Å²) in [5, 5.41) is 2.93. The minimum Gasteiger partial charge on any atom is -0.325 e. The van der Waals surface area contributed by atoms with Gasteiger partial charge in [-0.1, -0.05) is 33.6 Å². The molecule has 156 valence electrons. The predicted molar refractivity (Wildman–Crippen MR) is 119 cm³/mol. The molecular formula is C21H26BrN3O3S. The lowest BCUT2D eigenvalue weighted by molar-refractivity contribution is -0.117. The van der Waals surface area contributed by atoms with Gasteiger partial charge in [0.05, 0.1) is 11.4 Å². The van der Waals surface area contributed by atoms with Gasteiger partial charge in [-0.15, -0.1) is 0 Å². The Balaban J connectivity index is 1.58. The molecule has 8 heteroatoms. The van der Waals surface area contributed by atoms with Crippen LogP contribution in [0, 0.1) is 20.8 Å². The molecule has 0 bridgehead atoms. The van der Waals surface area contributed by atoms with Gasteiger partial charge in [0.15, 0.2) is 0 Å². The molecule has 0 radical (unpaired) electrons. The monoisotopic (exact) mass is 479 g/mol. The van der Waals surface area contributed by atoms with Crippen LogP contribution in [0.5, 0.6) is 0 Å². The fourth-order valence-electron chi connectivity index (χ4n) is 3.52. The maximum atomic E-state index is 13.0. The van der Waals surface area contributed by atoms with Crippen molar-refractivity contribution in [2.45, 2.75) is 25.7 Å². The number of halogens is 1. The third kappa shape index (κ3) is 5.25. The van der Waals surface area contributed by atoms with E-state index in [9.17, 15) is 13.2 Å². The van der Waals surface area contributed by atoms with Crippen molar-refractivity contribution < 1.29 is 13.2 Å². The summed E-state index contributed by atoms with van der Waals surface area (Å²) < 4.78 is 28.4. The van der Waals surface area contributed by atoms with E-state index < -0.39 is 10.0 Å². The summed E-state index contributed by atoms with van der Waals surface area (Å²) in [6.07, 6.45) is 0. The molecule has 6 nitrogen and oxygen atoms in total. The molecule has 0 saturated carbocycles. The quantitative estimate of drug-likeness (QED) is 0.713. The van der Waals surface area contributed by atoms with Crippen LogP contribution < -0.4 is 5.32 Å². The van der Waals surface area contributed by atoms with Gasteiger partial charge in [0.1, 0.15) is 0 Å². The highest BCUT2D eigenvalue weighted by atomic mass is 79.9. The number of amides is 1. The summed E-state index contributed by atoms with van der Waals surface area (Å²) in [5.41, 5.74) is 3.57. The molecular weight excluding hydrogens is 454 g/mol. The number of sulfonamides is 1. The first kappa shape index (κ1) is 22.0. The Bertz CT molecular complexity index is 1020. The molecule has 1 aliphatic rings. The predicted octanol–water partition coefficient (Wildman–Crippen LogP) is 3.32. The molecule has 1 amide bonds. The lowest BCUT2D eigenvalue weighted by Crippen LogP contribution is -2.50. The van der Waals surface area contributed by atoms with Crippen LogP contribution >= 0.6 is 15.9 Å². The Morgan fingerprint density at radius 2 is 1.69 bits per heavy atom. The molecule has 1 aliphatic heterocycles. The summed E-state index contributed by atoms with van der Waals surface area (Å²) in [6.45, 7) is 7.76. The molecule has 2 aromatic carbocycles. The van der Waals surface area contributed by atoms with Crippen molar-refractivity contribution in [2.24, 2.45) is 0 Å². The highest BCUT2D eigenvalue weighted by Gasteiger charge is 2.30. The van der Waals surface area contributed by atoms with E-state index in [4.69, 9.17) is 0 Å². The second-order valence-electron chi connectivity index (χ2n) is 7.46. The molecule has 0 spiro atoms. The second kappa shape index (κ2) is 8.95. The maximum absolute atomic E-state index is 13.0. The standard InChI is InChI=1S/C21H26BrN3O3S/c1-15-4-7-20(17(3)12-15)29(27,28)25-10-8-24(9-11-25)14-21(26)23-19-6-5-18(22)13-16(19)2/h4-7,12-13H,8-11,14H2,1-3H3,(H,23,26). The van der Waals surface area contributed by atoms with Crippen molar-refractivity contribution in [2.75, 3.05) is 38.0 Å². The number of piperazine rings is 1.